The van der Waals surface area contributed by atoms with E-state index in [2.05, 4.69) is 32.7 Å². The largest absolute Gasteiger partial charge is 0.360 e. The Labute approximate surface area is 106 Å². The van der Waals surface area contributed by atoms with E-state index < -0.39 is 0 Å². The molecule has 0 aromatic carbocycles. The molecule has 2 aliphatic rings. The predicted molar refractivity (Wildman–Crippen MR) is 74.5 cm³/mol. The maximum Gasteiger partial charge on any atom is 0.0992 e. The fraction of sp³-hybridized carbons (Fsp3) is 0.933. The van der Waals surface area contributed by atoms with Gasteiger partial charge in [0, 0.05) is 25.6 Å². The second kappa shape index (κ2) is 5.41. The normalized spacial score (nSPS) is 37.1. The Bertz CT molecular complexity index is 283. The summed E-state index contributed by atoms with van der Waals surface area (Å²) in [7, 11) is 2.27. The Morgan fingerprint density at radius 1 is 1.24 bits per heavy atom. The minimum atomic E-state index is 0.439. The van der Waals surface area contributed by atoms with Gasteiger partial charge in [0.05, 0.1) is 5.84 Å². The van der Waals surface area contributed by atoms with Crippen molar-refractivity contribution >= 4 is 5.84 Å². The van der Waals surface area contributed by atoms with E-state index in [1.165, 1.54) is 44.4 Å². The van der Waals surface area contributed by atoms with Crippen molar-refractivity contribution in [3.05, 3.63) is 0 Å². The molecule has 0 radical (unpaired) electrons. The maximum absolute atomic E-state index is 4.80. The molecular formula is C15H28N2. The maximum atomic E-state index is 4.80. The molecule has 98 valence electrons. The standard InChI is InChI=1S/C15H28N2/c1-11(2)16-15-9-8-13-10-12(3)6-5-7-14(13)17(15)4/h11-14H,5-10H2,1-4H3. The molecule has 0 spiro atoms. The van der Waals surface area contributed by atoms with Crippen molar-refractivity contribution < 1.29 is 0 Å². The monoisotopic (exact) mass is 236 g/mol. The number of amidine groups is 1. The molecule has 1 saturated carbocycles. The molecule has 0 bridgehead atoms. The van der Waals surface area contributed by atoms with Crippen molar-refractivity contribution in [1.29, 1.82) is 0 Å². The van der Waals surface area contributed by atoms with Crippen LogP contribution in [0.25, 0.3) is 0 Å². The summed E-state index contributed by atoms with van der Waals surface area (Å²) in [5.74, 6) is 3.21. The first-order valence-corrected chi connectivity index (χ1v) is 7.37. The van der Waals surface area contributed by atoms with Crippen molar-refractivity contribution in [3.8, 4) is 0 Å². The van der Waals surface area contributed by atoms with Crippen molar-refractivity contribution in [2.45, 2.75) is 71.4 Å². The first kappa shape index (κ1) is 12.9. The summed E-state index contributed by atoms with van der Waals surface area (Å²) < 4.78 is 0. The van der Waals surface area contributed by atoms with Crippen LogP contribution in [0.2, 0.25) is 0 Å². The van der Waals surface area contributed by atoms with Crippen LogP contribution in [-0.4, -0.2) is 29.9 Å². The van der Waals surface area contributed by atoms with Gasteiger partial charge in [0.2, 0.25) is 0 Å². The molecule has 0 aromatic rings. The first-order chi connectivity index (χ1) is 8.08. The van der Waals surface area contributed by atoms with Gasteiger partial charge in [-0.05, 0) is 44.9 Å². The molecule has 2 nitrogen and oxygen atoms in total. The van der Waals surface area contributed by atoms with Crippen LogP contribution >= 0.6 is 0 Å². The van der Waals surface area contributed by atoms with Gasteiger partial charge in [-0.15, -0.1) is 0 Å². The van der Waals surface area contributed by atoms with Crippen molar-refractivity contribution in [1.82, 2.24) is 4.90 Å². The van der Waals surface area contributed by atoms with Gasteiger partial charge in [-0.2, -0.15) is 0 Å². The van der Waals surface area contributed by atoms with Crippen LogP contribution in [0.5, 0.6) is 0 Å². The molecule has 0 aromatic heterocycles. The zero-order chi connectivity index (χ0) is 12.4. The van der Waals surface area contributed by atoms with Crippen LogP contribution in [-0.2, 0) is 0 Å². The molecule has 3 atom stereocenters. The highest BCUT2D eigenvalue weighted by Gasteiger charge is 2.34. The summed E-state index contributed by atoms with van der Waals surface area (Å²) >= 11 is 0. The number of likely N-dealkylation sites (tertiary alicyclic amines) is 1. The van der Waals surface area contributed by atoms with Gasteiger partial charge in [-0.25, -0.2) is 0 Å². The Morgan fingerprint density at radius 2 is 2.00 bits per heavy atom. The minimum Gasteiger partial charge on any atom is -0.360 e. The van der Waals surface area contributed by atoms with Gasteiger partial charge >= 0.3 is 0 Å². The molecular weight excluding hydrogens is 208 g/mol. The Morgan fingerprint density at radius 3 is 2.71 bits per heavy atom. The van der Waals surface area contributed by atoms with Crippen molar-refractivity contribution in [2.75, 3.05) is 7.05 Å². The molecule has 0 N–H and O–H groups in total. The van der Waals surface area contributed by atoms with E-state index in [9.17, 15) is 0 Å². The third kappa shape index (κ3) is 3.02. The number of aliphatic imine (C=N–C) groups is 1. The molecule has 2 heteroatoms. The second-order valence-corrected chi connectivity index (χ2v) is 6.39. The third-order valence-electron chi connectivity index (χ3n) is 4.50. The van der Waals surface area contributed by atoms with Gasteiger partial charge in [0.1, 0.15) is 0 Å². The molecule has 1 saturated heterocycles. The summed E-state index contributed by atoms with van der Waals surface area (Å²) in [5, 5.41) is 0. The van der Waals surface area contributed by atoms with Crippen LogP contribution in [0.1, 0.15) is 59.3 Å². The average molecular weight is 236 g/mol. The van der Waals surface area contributed by atoms with Gasteiger partial charge in [0.25, 0.3) is 0 Å². The van der Waals surface area contributed by atoms with Gasteiger partial charge < -0.3 is 4.90 Å². The summed E-state index contributed by atoms with van der Waals surface area (Å²) in [6, 6.07) is 1.21. The predicted octanol–water partition coefficient (Wildman–Crippen LogP) is 3.71. The van der Waals surface area contributed by atoms with E-state index in [4.69, 9.17) is 4.99 Å². The van der Waals surface area contributed by atoms with Crippen LogP contribution < -0.4 is 0 Å². The number of piperidine rings is 1. The zero-order valence-corrected chi connectivity index (χ0v) is 11.9. The van der Waals surface area contributed by atoms with Gasteiger partial charge in [-0.3, -0.25) is 4.99 Å². The third-order valence-corrected chi connectivity index (χ3v) is 4.50. The molecule has 0 amide bonds. The summed E-state index contributed by atoms with van der Waals surface area (Å²) in [6.45, 7) is 6.80. The second-order valence-electron chi connectivity index (χ2n) is 6.39. The fourth-order valence-electron chi connectivity index (χ4n) is 3.66. The van der Waals surface area contributed by atoms with E-state index in [0.29, 0.717) is 6.04 Å². The zero-order valence-electron chi connectivity index (χ0n) is 11.9. The number of rotatable bonds is 1. The van der Waals surface area contributed by atoms with E-state index in [0.717, 1.165) is 17.9 Å². The highest BCUT2D eigenvalue weighted by molar-refractivity contribution is 5.83. The molecule has 1 aliphatic heterocycles. The molecule has 1 aliphatic carbocycles. The van der Waals surface area contributed by atoms with Gasteiger partial charge in [0.15, 0.2) is 0 Å². The lowest BCUT2D eigenvalue weighted by Gasteiger charge is -2.41. The highest BCUT2D eigenvalue weighted by atomic mass is 15.2. The van der Waals surface area contributed by atoms with Crippen molar-refractivity contribution in [2.24, 2.45) is 16.8 Å². The minimum absolute atomic E-state index is 0.439. The highest BCUT2D eigenvalue weighted by Crippen LogP contribution is 2.36. The SMILES string of the molecule is CC1CCCC2C(CCC(=NC(C)C)N2C)C1. The lowest BCUT2D eigenvalue weighted by molar-refractivity contribution is 0.196. The fourth-order valence-corrected chi connectivity index (χ4v) is 3.66. The van der Waals surface area contributed by atoms with Crippen LogP contribution in [0.4, 0.5) is 0 Å². The van der Waals surface area contributed by atoms with E-state index >= 15 is 0 Å². The number of hydrogen-bond acceptors (Lipinski definition) is 1. The molecule has 1 heterocycles. The van der Waals surface area contributed by atoms with E-state index in [1.54, 1.807) is 0 Å². The Balaban J connectivity index is 2.09. The molecule has 2 fully saturated rings. The summed E-state index contributed by atoms with van der Waals surface area (Å²) in [6.07, 6.45) is 8.21. The lowest BCUT2D eigenvalue weighted by atomic mass is 9.83. The number of nitrogens with zero attached hydrogens (tertiary/aromatic N) is 2. The summed E-state index contributed by atoms with van der Waals surface area (Å²) in [5.41, 5.74) is 0. The lowest BCUT2D eigenvalue weighted by Crippen LogP contribution is -2.46. The van der Waals surface area contributed by atoms with Crippen LogP contribution in [0.3, 0.4) is 0 Å². The number of fused-ring (bicyclic) bond motifs is 1. The van der Waals surface area contributed by atoms with Crippen molar-refractivity contribution in [3.63, 3.8) is 0 Å². The number of hydrogen-bond donors (Lipinski definition) is 0. The Hall–Kier alpha value is -0.530. The molecule has 17 heavy (non-hydrogen) atoms. The van der Waals surface area contributed by atoms with E-state index in [1.807, 2.05) is 0 Å². The summed E-state index contributed by atoms with van der Waals surface area (Å²) in [4.78, 5) is 7.31. The Kier molecular flexibility index (Phi) is 4.11. The van der Waals surface area contributed by atoms with Crippen LogP contribution in [0, 0.1) is 11.8 Å². The van der Waals surface area contributed by atoms with E-state index in [-0.39, 0.29) is 0 Å². The van der Waals surface area contributed by atoms with Gasteiger partial charge in [-0.1, -0.05) is 19.8 Å². The molecule has 2 rings (SSSR count). The average Bonchev–Trinajstić information content (AvgIpc) is 2.43. The first-order valence-electron chi connectivity index (χ1n) is 7.37. The van der Waals surface area contributed by atoms with Crippen LogP contribution in [0.15, 0.2) is 4.99 Å². The topological polar surface area (TPSA) is 15.6 Å². The smallest absolute Gasteiger partial charge is 0.0992 e. The quantitative estimate of drug-likeness (QED) is 0.677. The molecule has 3 unspecified atom stereocenters.